The summed E-state index contributed by atoms with van der Waals surface area (Å²) in [6, 6.07) is 7.75. The van der Waals surface area contributed by atoms with Crippen molar-refractivity contribution in [3.05, 3.63) is 35.9 Å². The number of hydrogen-bond donors (Lipinski definition) is 0. The molecule has 22 heavy (non-hydrogen) atoms. The molecule has 0 aromatic heterocycles. The molecule has 3 rings (SSSR count). The number of carbonyl (C=O) groups is 1. The molecule has 0 aliphatic carbocycles. The van der Waals surface area contributed by atoms with Crippen molar-refractivity contribution in [2.75, 3.05) is 46.4 Å². The lowest BCUT2D eigenvalue weighted by molar-refractivity contribution is -0.127. The van der Waals surface area contributed by atoms with E-state index >= 15 is 0 Å². The molecule has 2 saturated heterocycles. The lowest BCUT2D eigenvalue weighted by Crippen LogP contribution is -2.46. The highest BCUT2D eigenvalue weighted by Gasteiger charge is 2.23. The number of rotatable bonds is 5. The maximum absolute atomic E-state index is 12.2. The van der Waals surface area contributed by atoms with E-state index in [0.717, 1.165) is 44.1 Å². The number of piperazine rings is 1. The summed E-state index contributed by atoms with van der Waals surface area (Å²) in [5.41, 5.74) is 0.922. The van der Waals surface area contributed by atoms with Gasteiger partial charge in [0.05, 0.1) is 6.61 Å². The highest BCUT2D eigenvalue weighted by Crippen LogP contribution is 2.21. The van der Waals surface area contributed by atoms with Crippen LogP contribution < -0.4 is 4.74 Å². The monoisotopic (exact) mass is 302 g/mol. The van der Waals surface area contributed by atoms with Crippen LogP contribution in [0.1, 0.15) is 5.56 Å². The highest BCUT2D eigenvalue weighted by molar-refractivity contribution is 5.92. The van der Waals surface area contributed by atoms with Gasteiger partial charge in [-0.25, -0.2) is 0 Å². The van der Waals surface area contributed by atoms with E-state index in [-0.39, 0.29) is 12.0 Å². The Balaban J connectivity index is 1.60. The standard InChI is InChI=1S/C17H22N2O3/c1-18-8-10-19(11-9-18)17(20)7-6-14-4-2-3-5-16(14)22-13-15-12-21-15/h2-7,15H,8-13H2,1H3/b7-6+. The van der Waals surface area contributed by atoms with Crippen LogP contribution in [0.15, 0.2) is 30.3 Å². The van der Waals surface area contributed by atoms with Crippen LogP contribution in [0.2, 0.25) is 0 Å². The van der Waals surface area contributed by atoms with Gasteiger partial charge in [-0.05, 0) is 19.2 Å². The van der Waals surface area contributed by atoms with Crippen molar-refractivity contribution in [1.29, 1.82) is 0 Å². The first-order valence-corrected chi connectivity index (χ1v) is 7.71. The molecule has 1 amide bonds. The molecule has 0 radical (unpaired) electrons. The number of hydrogen-bond acceptors (Lipinski definition) is 4. The lowest BCUT2D eigenvalue weighted by atomic mass is 10.2. The van der Waals surface area contributed by atoms with Crippen LogP contribution in [0.25, 0.3) is 6.08 Å². The lowest BCUT2D eigenvalue weighted by Gasteiger charge is -2.31. The van der Waals surface area contributed by atoms with Gasteiger partial charge in [0.25, 0.3) is 0 Å². The molecule has 0 N–H and O–H groups in total. The number of ether oxygens (including phenoxy) is 2. The molecule has 1 aromatic rings. The minimum Gasteiger partial charge on any atom is -0.490 e. The highest BCUT2D eigenvalue weighted by atomic mass is 16.6. The molecular formula is C17H22N2O3. The number of likely N-dealkylation sites (N-methyl/N-ethyl adjacent to an activating group) is 1. The molecule has 0 spiro atoms. The number of nitrogens with zero attached hydrogens (tertiary/aromatic N) is 2. The van der Waals surface area contributed by atoms with Crippen molar-refractivity contribution in [2.45, 2.75) is 6.10 Å². The number of benzene rings is 1. The molecule has 2 aliphatic rings. The van der Waals surface area contributed by atoms with Gasteiger partial charge in [0, 0.05) is 37.8 Å². The van der Waals surface area contributed by atoms with Crippen molar-refractivity contribution < 1.29 is 14.3 Å². The van der Waals surface area contributed by atoms with E-state index in [1.165, 1.54) is 0 Å². The van der Waals surface area contributed by atoms with Gasteiger partial charge in [-0.3, -0.25) is 4.79 Å². The van der Waals surface area contributed by atoms with Gasteiger partial charge in [0.1, 0.15) is 18.5 Å². The molecule has 1 aromatic carbocycles. The van der Waals surface area contributed by atoms with Crippen molar-refractivity contribution >= 4 is 12.0 Å². The van der Waals surface area contributed by atoms with Crippen LogP contribution in [0.3, 0.4) is 0 Å². The van der Waals surface area contributed by atoms with E-state index in [1.807, 2.05) is 35.2 Å². The summed E-state index contributed by atoms with van der Waals surface area (Å²) in [6.45, 7) is 4.78. The third-order valence-corrected chi connectivity index (χ3v) is 3.97. The minimum absolute atomic E-state index is 0.0634. The summed E-state index contributed by atoms with van der Waals surface area (Å²) in [5.74, 6) is 0.855. The first-order chi connectivity index (χ1) is 10.7. The van der Waals surface area contributed by atoms with E-state index in [1.54, 1.807) is 6.08 Å². The second-order valence-electron chi connectivity index (χ2n) is 5.77. The number of para-hydroxylation sites is 1. The van der Waals surface area contributed by atoms with Crippen LogP contribution in [0.5, 0.6) is 5.75 Å². The van der Waals surface area contributed by atoms with Crippen LogP contribution >= 0.6 is 0 Å². The van der Waals surface area contributed by atoms with Crippen molar-refractivity contribution in [1.82, 2.24) is 9.80 Å². The van der Waals surface area contributed by atoms with E-state index in [0.29, 0.717) is 6.61 Å². The molecular weight excluding hydrogens is 280 g/mol. The number of epoxide rings is 1. The Kier molecular flexibility index (Phi) is 4.75. The van der Waals surface area contributed by atoms with Gasteiger partial charge in [0.15, 0.2) is 0 Å². The van der Waals surface area contributed by atoms with Gasteiger partial charge in [-0.2, -0.15) is 0 Å². The third-order valence-electron chi connectivity index (χ3n) is 3.97. The number of carbonyl (C=O) groups excluding carboxylic acids is 1. The first-order valence-electron chi connectivity index (χ1n) is 7.71. The van der Waals surface area contributed by atoms with Crippen LogP contribution in [-0.2, 0) is 9.53 Å². The second-order valence-corrected chi connectivity index (χ2v) is 5.77. The molecule has 5 nitrogen and oxygen atoms in total. The molecule has 0 bridgehead atoms. The summed E-state index contributed by atoms with van der Waals surface area (Å²) in [4.78, 5) is 16.3. The Morgan fingerprint density at radius 1 is 1.32 bits per heavy atom. The molecule has 2 heterocycles. The van der Waals surface area contributed by atoms with Gasteiger partial charge < -0.3 is 19.3 Å². The Hall–Kier alpha value is -1.85. The first kappa shape index (κ1) is 15.1. The fourth-order valence-corrected chi connectivity index (χ4v) is 2.39. The van der Waals surface area contributed by atoms with Crippen LogP contribution in [-0.4, -0.2) is 68.3 Å². The van der Waals surface area contributed by atoms with Gasteiger partial charge in [-0.15, -0.1) is 0 Å². The van der Waals surface area contributed by atoms with Gasteiger partial charge >= 0.3 is 0 Å². The Bertz CT molecular complexity index is 547. The Morgan fingerprint density at radius 2 is 2.05 bits per heavy atom. The quantitative estimate of drug-likeness (QED) is 0.607. The summed E-state index contributed by atoms with van der Waals surface area (Å²) < 4.78 is 10.9. The predicted octanol–water partition coefficient (Wildman–Crippen LogP) is 1.25. The van der Waals surface area contributed by atoms with Crippen molar-refractivity contribution in [3.63, 3.8) is 0 Å². The Labute approximate surface area is 131 Å². The maximum atomic E-state index is 12.2. The van der Waals surface area contributed by atoms with E-state index in [4.69, 9.17) is 9.47 Å². The van der Waals surface area contributed by atoms with Crippen LogP contribution in [0, 0.1) is 0 Å². The smallest absolute Gasteiger partial charge is 0.246 e. The zero-order valence-corrected chi connectivity index (χ0v) is 12.9. The topological polar surface area (TPSA) is 45.3 Å². The van der Waals surface area contributed by atoms with E-state index < -0.39 is 0 Å². The summed E-state index contributed by atoms with van der Waals surface area (Å²) in [5, 5.41) is 0. The largest absolute Gasteiger partial charge is 0.490 e. The minimum atomic E-state index is 0.0634. The summed E-state index contributed by atoms with van der Waals surface area (Å²) in [6.07, 6.45) is 3.70. The molecule has 5 heteroatoms. The van der Waals surface area contributed by atoms with Gasteiger partial charge in [0.2, 0.25) is 5.91 Å². The van der Waals surface area contributed by atoms with Crippen molar-refractivity contribution in [3.8, 4) is 5.75 Å². The zero-order chi connectivity index (χ0) is 15.4. The fourth-order valence-electron chi connectivity index (χ4n) is 2.39. The second kappa shape index (κ2) is 6.94. The normalized spacial score (nSPS) is 22.0. The molecule has 2 fully saturated rings. The average Bonchev–Trinajstić information content (AvgIpc) is 3.36. The molecule has 0 saturated carbocycles. The molecule has 118 valence electrons. The van der Waals surface area contributed by atoms with E-state index in [2.05, 4.69) is 11.9 Å². The average molecular weight is 302 g/mol. The van der Waals surface area contributed by atoms with Crippen LogP contribution in [0.4, 0.5) is 0 Å². The van der Waals surface area contributed by atoms with E-state index in [9.17, 15) is 4.79 Å². The summed E-state index contributed by atoms with van der Waals surface area (Å²) in [7, 11) is 2.08. The third kappa shape index (κ3) is 4.08. The Morgan fingerprint density at radius 3 is 2.77 bits per heavy atom. The maximum Gasteiger partial charge on any atom is 0.246 e. The SMILES string of the molecule is CN1CCN(C(=O)/C=C/c2ccccc2OCC2CO2)CC1. The molecule has 2 aliphatic heterocycles. The number of amides is 1. The van der Waals surface area contributed by atoms with Gasteiger partial charge in [-0.1, -0.05) is 18.2 Å². The zero-order valence-electron chi connectivity index (χ0n) is 12.9. The predicted molar refractivity (Wildman–Crippen MR) is 84.8 cm³/mol. The summed E-state index contributed by atoms with van der Waals surface area (Å²) >= 11 is 0. The molecule has 1 atom stereocenters. The van der Waals surface area contributed by atoms with Crippen molar-refractivity contribution in [2.24, 2.45) is 0 Å². The molecule has 1 unspecified atom stereocenters. The fraction of sp³-hybridized carbons (Fsp3) is 0.471.